The molecular formula is C26H44O. The SMILES string of the molecule is CC(C)CCCCC1CCC2C3CC=C4CC(O)CC[C@]4(C)C3CC[C@]12C. The average molecular weight is 373 g/mol. The summed E-state index contributed by atoms with van der Waals surface area (Å²) < 4.78 is 0. The van der Waals surface area contributed by atoms with Gasteiger partial charge < -0.3 is 5.11 Å². The summed E-state index contributed by atoms with van der Waals surface area (Å²) in [7, 11) is 0. The van der Waals surface area contributed by atoms with Gasteiger partial charge in [0.2, 0.25) is 0 Å². The molecule has 4 aliphatic carbocycles. The lowest BCUT2D eigenvalue weighted by atomic mass is 9.47. The fourth-order valence-electron chi connectivity index (χ4n) is 8.17. The molecule has 4 rings (SSSR count). The number of hydrogen-bond acceptors (Lipinski definition) is 1. The van der Waals surface area contributed by atoms with Gasteiger partial charge in [0.15, 0.2) is 0 Å². The van der Waals surface area contributed by atoms with Crippen LogP contribution in [0, 0.1) is 40.4 Å². The second kappa shape index (κ2) is 7.51. The normalized spacial score (nSPS) is 46.6. The van der Waals surface area contributed by atoms with Crippen molar-refractivity contribution >= 4 is 0 Å². The fraction of sp³-hybridized carbons (Fsp3) is 0.923. The lowest BCUT2D eigenvalue weighted by molar-refractivity contribution is -0.0508. The second-order valence-corrected chi connectivity index (χ2v) is 11.7. The Labute approximate surface area is 168 Å². The number of aliphatic hydroxyl groups is 1. The lowest BCUT2D eigenvalue weighted by Gasteiger charge is -2.58. The molecule has 0 amide bonds. The first kappa shape index (κ1) is 20.0. The van der Waals surface area contributed by atoms with Crippen molar-refractivity contribution in [3.05, 3.63) is 11.6 Å². The Morgan fingerprint density at radius 3 is 2.63 bits per heavy atom. The minimum atomic E-state index is -0.0727. The first-order valence-electron chi connectivity index (χ1n) is 12.2. The van der Waals surface area contributed by atoms with Gasteiger partial charge in [0.25, 0.3) is 0 Å². The maximum Gasteiger partial charge on any atom is 0.0577 e. The number of fused-ring (bicyclic) bond motifs is 5. The van der Waals surface area contributed by atoms with E-state index in [1.54, 1.807) is 5.57 Å². The van der Waals surface area contributed by atoms with E-state index in [4.69, 9.17) is 0 Å². The first-order valence-corrected chi connectivity index (χ1v) is 12.2. The minimum absolute atomic E-state index is 0.0727. The van der Waals surface area contributed by atoms with E-state index in [1.165, 1.54) is 64.2 Å². The van der Waals surface area contributed by atoms with Crippen LogP contribution in [-0.4, -0.2) is 11.2 Å². The highest BCUT2D eigenvalue weighted by Gasteiger charge is 2.58. The molecule has 1 nitrogen and oxygen atoms in total. The van der Waals surface area contributed by atoms with Gasteiger partial charge >= 0.3 is 0 Å². The van der Waals surface area contributed by atoms with E-state index in [0.29, 0.717) is 10.8 Å². The van der Waals surface area contributed by atoms with Crippen molar-refractivity contribution in [2.75, 3.05) is 0 Å². The van der Waals surface area contributed by atoms with Crippen molar-refractivity contribution in [3.8, 4) is 0 Å². The molecule has 0 aromatic carbocycles. The standard InChI is InChI=1S/C26H44O/c1-18(2)7-5-6-8-19-10-12-23-22-11-9-20-17-21(27)13-15-26(20,4)24(22)14-16-25(19,23)3/h9,18-19,21-24,27H,5-8,10-17H2,1-4H3/t19?,21?,22?,23?,24?,25-,26+/m1/s1. The lowest BCUT2D eigenvalue weighted by Crippen LogP contribution is -2.50. The van der Waals surface area contributed by atoms with Gasteiger partial charge in [-0.25, -0.2) is 0 Å². The highest BCUT2D eigenvalue weighted by molar-refractivity contribution is 5.25. The molecule has 1 heteroatoms. The van der Waals surface area contributed by atoms with E-state index in [9.17, 15) is 5.11 Å². The third kappa shape index (κ3) is 3.45. The van der Waals surface area contributed by atoms with Crippen molar-refractivity contribution < 1.29 is 5.11 Å². The Balaban J connectivity index is 1.46. The molecule has 3 saturated carbocycles. The van der Waals surface area contributed by atoms with Crippen molar-refractivity contribution in [2.45, 2.75) is 111 Å². The predicted molar refractivity (Wildman–Crippen MR) is 115 cm³/mol. The van der Waals surface area contributed by atoms with Crippen LogP contribution in [0.2, 0.25) is 0 Å². The van der Waals surface area contributed by atoms with Crippen LogP contribution in [0.4, 0.5) is 0 Å². The monoisotopic (exact) mass is 372 g/mol. The van der Waals surface area contributed by atoms with Crippen LogP contribution in [0.15, 0.2) is 11.6 Å². The molecule has 1 N–H and O–H groups in total. The quantitative estimate of drug-likeness (QED) is 0.401. The molecule has 27 heavy (non-hydrogen) atoms. The molecule has 0 saturated heterocycles. The van der Waals surface area contributed by atoms with Gasteiger partial charge in [-0.2, -0.15) is 0 Å². The summed E-state index contributed by atoms with van der Waals surface area (Å²) in [6.07, 6.45) is 18.7. The van der Waals surface area contributed by atoms with E-state index in [-0.39, 0.29) is 6.10 Å². The van der Waals surface area contributed by atoms with E-state index < -0.39 is 0 Å². The molecule has 3 fully saturated rings. The molecular weight excluding hydrogens is 328 g/mol. The molecule has 0 heterocycles. The van der Waals surface area contributed by atoms with Crippen LogP contribution in [0.3, 0.4) is 0 Å². The summed E-state index contributed by atoms with van der Waals surface area (Å²) >= 11 is 0. The third-order valence-electron chi connectivity index (χ3n) is 9.86. The maximum atomic E-state index is 10.2. The molecule has 5 unspecified atom stereocenters. The molecule has 4 aliphatic rings. The Morgan fingerprint density at radius 2 is 1.85 bits per heavy atom. The first-order chi connectivity index (χ1) is 12.8. The molecule has 0 aliphatic heterocycles. The highest BCUT2D eigenvalue weighted by Crippen LogP contribution is 2.66. The van der Waals surface area contributed by atoms with Crippen molar-refractivity contribution in [3.63, 3.8) is 0 Å². The van der Waals surface area contributed by atoms with Gasteiger partial charge in [0.05, 0.1) is 6.10 Å². The van der Waals surface area contributed by atoms with Gasteiger partial charge in [0, 0.05) is 0 Å². The molecule has 7 atom stereocenters. The van der Waals surface area contributed by atoms with Crippen LogP contribution >= 0.6 is 0 Å². The van der Waals surface area contributed by atoms with Gasteiger partial charge in [-0.15, -0.1) is 0 Å². The summed E-state index contributed by atoms with van der Waals surface area (Å²) in [6, 6.07) is 0. The van der Waals surface area contributed by atoms with Gasteiger partial charge in [-0.3, -0.25) is 0 Å². The zero-order chi connectivity index (χ0) is 19.2. The predicted octanol–water partition coefficient (Wildman–Crippen LogP) is 7.14. The topological polar surface area (TPSA) is 20.2 Å². The third-order valence-corrected chi connectivity index (χ3v) is 9.86. The van der Waals surface area contributed by atoms with Crippen LogP contribution in [-0.2, 0) is 0 Å². The molecule has 0 aromatic rings. The van der Waals surface area contributed by atoms with Gasteiger partial charge in [-0.1, -0.05) is 58.6 Å². The number of unbranched alkanes of at least 4 members (excludes halogenated alkanes) is 1. The molecule has 0 aromatic heterocycles. The molecule has 0 bridgehead atoms. The molecule has 0 radical (unpaired) electrons. The van der Waals surface area contributed by atoms with E-state index in [2.05, 4.69) is 33.8 Å². The maximum absolute atomic E-state index is 10.2. The van der Waals surface area contributed by atoms with Crippen molar-refractivity contribution in [1.29, 1.82) is 0 Å². The minimum Gasteiger partial charge on any atom is -0.393 e. The number of allylic oxidation sites excluding steroid dienone is 1. The highest BCUT2D eigenvalue weighted by atomic mass is 16.3. The van der Waals surface area contributed by atoms with Gasteiger partial charge in [-0.05, 0) is 98.2 Å². The smallest absolute Gasteiger partial charge is 0.0577 e. The number of rotatable bonds is 5. The number of hydrogen-bond donors (Lipinski definition) is 1. The Morgan fingerprint density at radius 1 is 1.04 bits per heavy atom. The van der Waals surface area contributed by atoms with E-state index in [0.717, 1.165) is 42.4 Å². The molecule has 0 spiro atoms. The van der Waals surface area contributed by atoms with E-state index >= 15 is 0 Å². The van der Waals surface area contributed by atoms with Gasteiger partial charge in [0.1, 0.15) is 0 Å². The summed E-state index contributed by atoms with van der Waals surface area (Å²) in [5.74, 6) is 4.64. The summed E-state index contributed by atoms with van der Waals surface area (Å²) in [5, 5.41) is 10.2. The summed E-state index contributed by atoms with van der Waals surface area (Å²) in [5.41, 5.74) is 2.64. The van der Waals surface area contributed by atoms with Crippen LogP contribution < -0.4 is 0 Å². The van der Waals surface area contributed by atoms with Crippen molar-refractivity contribution in [1.82, 2.24) is 0 Å². The zero-order valence-electron chi connectivity index (χ0n) is 18.5. The Kier molecular flexibility index (Phi) is 5.56. The van der Waals surface area contributed by atoms with Crippen LogP contribution in [0.25, 0.3) is 0 Å². The summed E-state index contributed by atoms with van der Waals surface area (Å²) in [6.45, 7) is 9.97. The summed E-state index contributed by atoms with van der Waals surface area (Å²) in [4.78, 5) is 0. The Hall–Kier alpha value is -0.300. The Bertz CT molecular complexity index is 563. The largest absolute Gasteiger partial charge is 0.393 e. The second-order valence-electron chi connectivity index (χ2n) is 11.7. The molecule has 154 valence electrons. The average Bonchev–Trinajstić information content (AvgIpc) is 2.96. The van der Waals surface area contributed by atoms with E-state index in [1.807, 2.05) is 0 Å². The zero-order valence-corrected chi connectivity index (χ0v) is 18.5. The fourth-order valence-corrected chi connectivity index (χ4v) is 8.17. The van der Waals surface area contributed by atoms with Crippen LogP contribution in [0.1, 0.15) is 105 Å². The number of aliphatic hydroxyl groups excluding tert-OH is 1. The van der Waals surface area contributed by atoms with Crippen molar-refractivity contribution in [2.24, 2.45) is 40.4 Å². The van der Waals surface area contributed by atoms with Crippen LogP contribution in [0.5, 0.6) is 0 Å².